The zero-order valence-corrected chi connectivity index (χ0v) is 64.4. The lowest BCUT2D eigenvalue weighted by atomic mass is 10.0. The van der Waals surface area contributed by atoms with Gasteiger partial charge in [-0.05, 0) is 133 Å². The van der Waals surface area contributed by atoms with Crippen molar-refractivity contribution in [2.24, 2.45) is 0 Å². The van der Waals surface area contributed by atoms with Crippen molar-refractivity contribution in [2.45, 2.75) is 72.6 Å². The Kier molecular flexibility index (Phi) is 20.8. The van der Waals surface area contributed by atoms with Crippen LogP contribution in [0.1, 0.15) is 91.6 Å². The molecule has 0 radical (unpaired) electrons. The van der Waals surface area contributed by atoms with E-state index in [1.807, 2.05) is 153 Å². The Balaban J connectivity index is 0.000000112. The van der Waals surface area contributed by atoms with E-state index in [2.05, 4.69) is 180 Å². The summed E-state index contributed by atoms with van der Waals surface area (Å²) in [6.07, 6.45) is 11.8. The van der Waals surface area contributed by atoms with Crippen LogP contribution < -0.4 is 21.3 Å². The van der Waals surface area contributed by atoms with Crippen LogP contribution in [0.15, 0.2) is 256 Å². The standard InChI is InChI=1S/C23H21N7.C23H20N6.C22H16F2N6.C22H18N6/c1-13-8-7-11-17-18(13)30-20(16-9-5-4-6-10-16)19(29-17)14(2)26-23-21-22(25-12-24-21)27-15(3)28-23;1-14-6-5-7-16(12-14)21-20(28-17-8-3-4-9-18(17)29-21)15(2)27-23-22-19(10-11-24-23)25-13-26-22;1-12(28-22-21-18(6-7-25-22)26-11-27-21)19-20(13-8-14(23)10-15(24)9-13)30-17-5-3-2-4-16(17)29-19;1-14(26-22-21-18(11-12-23-22)24-13-25-21)19-20(15-7-3-2-4-8-15)28-17-10-6-5-9-16(17)27-19/h4-12,14H,1-3H3,(H2,24,25,26,27,28);3-13,15H,1-2H3,(H,24,27)(H,25,26);2-12H,1H3,(H,25,28)(H,26,27);2-14H,1H3,(H,23,26)(H,24,25). The molecule has 0 fully saturated rings. The quantitative estimate of drug-likeness (QED) is 0.0445. The van der Waals surface area contributed by atoms with Gasteiger partial charge in [0.05, 0.1) is 156 Å². The topological polar surface area (TPSA) is 330 Å². The number of aromatic amines is 4. The van der Waals surface area contributed by atoms with Crippen molar-refractivity contribution in [1.82, 2.24) is 105 Å². The van der Waals surface area contributed by atoms with Crippen LogP contribution in [-0.2, 0) is 0 Å². The smallest absolute Gasteiger partial charge is 0.183 e. The zero-order chi connectivity index (χ0) is 80.0. The Hall–Kier alpha value is -15.4. The molecular formula is C90H75F2N25. The summed E-state index contributed by atoms with van der Waals surface area (Å²) in [5, 5.41) is 13.7. The fourth-order valence-electron chi connectivity index (χ4n) is 14.1. The van der Waals surface area contributed by atoms with E-state index in [4.69, 9.17) is 34.9 Å². The summed E-state index contributed by atoms with van der Waals surface area (Å²) in [7, 11) is 0. The first-order valence-corrected chi connectivity index (χ1v) is 38.0. The number of para-hydroxylation sites is 7. The molecule has 0 amide bonds. The number of nitrogens with one attached hydrogen (secondary N) is 8. The van der Waals surface area contributed by atoms with Crippen LogP contribution in [0.2, 0.25) is 0 Å². The van der Waals surface area contributed by atoms with Crippen LogP contribution in [-0.4, -0.2) is 105 Å². The molecule has 0 saturated heterocycles. The Labute approximate surface area is 668 Å². The normalized spacial score (nSPS) is 12.4. The van der Waals surface area contributed by atoms with Gasteiger partial charge in [-0.2, -0.15) is 0 Å². The van der Waals surface area contributed by atoms with Crippen molar-refractivity contribution in [3.05, 3.63) is 308 Å². The van der Waals surface area contributed by atoms with Crippen molar-refractivity contribution in [2.75, 3.05) is 21.3 Å². The van der Waals surface area contributed by atoms with E-state index in [1.54, 1.807) is 43.9 Å². The lowest BCUT2D eigenvalue weighted by Crippen LogP contribution is -2.13. The average molecular weight is 1540 g/mol. The van der Waals surface area contributed by atoms with E-state index in [1.165, 1.54) is 17.7 Å². The first kappa shape index (κ1) is 74.3. The average Bonchev–Trinajstić information content (AvgIpc) is 1.28. The molecule has 8 N–H and O–H groups in total. The number of fused-ring (bicyclic) bond motifs is 8. The van der Waals surface area contributed by atoms with Gasteiger partial charge in [0, 0.05) is 46.9 Å². The number of pyridine rings is 3. The number of hydrogen-bond donors (Lipinski definition) is 8. The predicted molar refractivity (Wildman–Crippen MR) is 456 cm³/mol. The molecule has 4 unspecified atom stereocenters. The Bertz CT molecular complexity index is 6970. The van der Waals surface area contributed by atoms with Gasteiger partial charge in [-0.1, -0.05) is 133 Å². The Morgan fingerprint density at radius 3 is 1.11 bits per heavy atom. The van der Waals surface area contributed by atoms with Crippen molar-refractivity contribution in [3.8, 4) is 45.0 Å². The first-order chi connectivity index (χ1) is 57.2. The van der Waals surface area contributed by atoms with E-state index < -0.39 is 11.6 Å². The highest BCUT2D eigenvalue weighted by atomic mass is 19.1. The number of aromatic nitrogens is 21. The van der Waals surface area contributed by atoms with Gasteiger partial charge in [0.1, 0.15) is 39.5 Å². The fourth-order valence-corrected chi connectivity index (χ4v) is 14.1. The maximum atomic E-state index is 13.9. The van der Waals surface area contributed by atoms with Gasteiger partial charge in [-0.15, -0.1) is 0 Å². The van der Waals surface area contributed by atoms with Gasteiger partial charge < -0.3 is 41.2 Å². The van der Waals surface area contributed by atoms with Gasteiger partial charge in [0.2, 0.25) is 0 Å². The number of anilines is 4. The molecule has 25 nitrogen and oxygen atoms in total. The lowest BCUT2D eigenvalue weighted by Gasteiger charge is -2.19. The molecule has 4 atom stereocenters. The highest BCUT2D eigenvalue weighted by Crippen LogP contribution is 2.37. The molecule has 27 heteroatoms. The summed E-state index contributed by atoms with van der Waals surface area (Å²) in [5.41, 5.74) is 25.0. The highest BCUT2D eigenvalue weighted by molar-refractivity contribution is 5.90. The van der Waals surface area contributed by atoms with Crippen LogP contribution in [0.3, 0.4) is 0 Å². The van der Waals surface area contributed by atoms with Crippen molar-refractivity contribution in [3.63, 3.8) is 0 Å². The maximum Gasteiger partial charge on any atom is 0.183 e. The molecule has 0 aliphatic carbocycles. The van der Waals surface area contributed by atoms with Crippen LogP contribution in [0.5, 0.6) is 0 Å². The number of imidazole rings is 4. The van der Waals surface area contributed by atoms with Gasteiger partial charge in [-0.3, -0.25) is 0 Å². The molecule has 0 aliphatic heterocycles. The lowest BCUT2D eigenvalue weighted by molar-refractivity contribution is 0.584. The molecular weight excluding hydrogens is 1470 g/mol. The monoisotopic (exact) mass is 1540 g/mol. The molecule has 20 rings (SSSR count). The third kappa shape index (κ3) is 15.9. The summed E-state index contributed by atoms with van der Waals surface area (Å²) in [5.74, 6) is 2.04. The molecule has 0 spiro atoms. The molecule has 117 heavy (non-hydrogen) atoms. The van der Waals surface area contributed by atoms with Crippen LogP contribution in [0.4, 0.5) is 32.1 Å². The predicted octanol–water partition coefficient (Wildman–Crippen LogP) is 19.6. The van der Waals surface area contributed by atoms with Crippen LogP contribution in [0.25, 0.3) is 133 Å². The van der Waals surface area contributed by atoms with Gasteiger partial charge in [0.15, 0.2) is 28.9 Å². The summed E-state index contributed by atoms with van der Waals surface area (Å²) in [4.78, 5) is 91.2. The van der Waals surface area contributed by atoms with E-state index >= 15 is 0 Å². The number of benzene rings is 8. The third-order valence-electron chi connectivity index (χ3n) is 19.7. The molecule has 0 bridgehead atoms. The SMILES string of the molecule is CC(Nc1nccc2[nH]cnc12)c1nc2ccccc2nc1-c1cc(F)cc(F)c1.CC(Nc1nccc2[nH]cnc12)c1nc2ccccc2nc1-c1ccccc1.Cc1cccc(-c2nc3ccccc3nc2C(C)Nc2nccc3[nH]cnc23)c1.Cc1nc(NC(C)c2nc3cccc(C)c3nc2-c2ccccc2)c2[nH]cnc2n1. The maximum absolute atomic E-state index is 13.9. The number of rotatable bonds is 16. The highest BCUT2D eigenvalue weighted by Gasteiger charge is 2.25. The third-order valence-corrected chi connectivity index (χ3v) is 19.7. The summed E-state index contributed by atoms with van der Waals surface area (Å²) < 4.78 is 27.8. The minimum Gasteiger partial charge on any atom is -0.360 e. The minimum atomic E-state index is -0.672. The molecule has 574 valence electrons. The Morgan fingerprint density at radius 1 is 0.291 bits per heavy atom. The summed E-state index contributed by atoms with van der Waals surface area (Å²) in [6.45, 7) is 14.1. The number of halogens is 2. The zero-order valence-electron chi connectivity index (χ0n) is 64.4. The number of hydrogen-bond acceptors (Lipinski definition) is 21. The minimum absolute atomic E-state index is 0.109. The largest absolute Gasteiger partial charge is 0.360 e. The number of aryl methyl sites for hydroxylation is 3. The number of H-pyrrole nitrogens is 4. The molecule has 8 aromatic carbocycles. The van der Waals surface area contributed by atoms with E-state index in [0.29, 0.717) is 56.6 Å². The second-order valence-electron chi connectivity index (χ2n) is 28.1. The van der Waals surface area contributed by atoms with Crippen molar-refractivity contribution in [1.29, 1.82) is 0 Å². The van der Waals surface area contributed by atoms with E-state index in [0.717, 1.165) is 140 Å². The molecule has 12 heterocycles. The van der Waals surface area contributed by atoms with Crippen molar-refractivity contribution < 1.29 is 8.78 Å². The molecule has 0 saturated carbocycles. The van der Waals surface area contributed by atoms with Gasteiger partial charge >= 0.3 is 0 Å². The van der Waals surface area contributed by atoms with Gasteiger partial charge in [0.25, 0.3) is 0 Å². The number of nitrogens with zero attached hydrogens (tertiary/aromatic N) is 17. The fraction of sp³-hybridized carbons (Fsp3) is 0.122. The Morgan fingerprint density at radius 2 is 0.658 bits per heavy atom. The summed E-state index contributed by atoms with van der Waals surface area (Å²) in [6, 6.07) is 66.3. The van der Waals surface area contributed by atoms with Crippen molar-refractivity contribution >= 4 is 112 Å². The second kappa shape index (κ2) is 32.7. The second-order valence-corrected chi connectivity index (χ2v) is 28.1. The van der Waals surface area contributed by atoms with Gasteiger partial charge in [-0.25, -0.2) is 93.5 Å². The molecule has 12 aromatic heterocycles. The van der Waals surface area contributed by atoms with Crippen LogP contribution in [0, 0.1) is 32.4 Å². The molecule has 20 aromatic rings. The van der Waals surface area contributed by atoms with E-state index in [9.17, 15) is 8.78 Å². The van der Waals surface area contributed by atoms with E-state index in [-0.39, 0.29) is 24.2 Å². The van der Waals surface area contributed by atoms with Crippen LogP contribution >= 0.6 is 0 Å². The first-order valence-electron chi connectivity index (χ1n) is 38.0. The summed E-state index contributed by atoms with van der Waals surface area (Å²) >= 11 is 0. The molecule has 0 aliphatic rings.